The van der Waals surface area contributed by atoms with Crippen molar-refractivity contribution in [3.63, 3.8) is 0 Å². The quantitative estimate of drug-likeness (QED) is 0.599. The van der Waals surface area contributed by atoms with Crippen molar-refractivity contribution < 1.29 is 10.2 Å². The van der Waals surface area contributed by atoms with E-state index in [-0.39, 0.29) is 11.5 Å². The summed E-state index contributed by atoms with van der Waals surface area (Å²) in [6.07, 6.45) is 1.81. The first-order chi connectivity index (χ1) is 7.18. The van der Waals surface area contributed by atoms with E-state index in [1.165, 1.54) is 18.2 Å². The van der Waals surface area contributed by atoms with Gasteiger partial charge in [-0.3, -0.25) is 0 Å². The predicted molar refractivity (Wildman–Crippen MR) is 61.4 cm³/mol. The molecule has 0 unspecified atom stereocenters. The molecule has 1 aromatic carbocycles. The molecule has 0 spiro atoms. The summed E-state index contributed by atoms with van der Waals surface area (Å²) in [6.45, 7) is 0. The summed E-state index contributed by atoms with van der Waals surface area (Å²) >= 11 is 4.76. The second-order valence-corrected chi connectivity index (χ2v) is 3.19. The molecule has 0 saturated carbocycles. The van der Waals surface area contributed by atoms with Crippen LogP contribution in [0.15, 0.2) is 48.7 Å². The van der Waals surface area contributed by atoms with E-state index in [0.717, 1.165) is 4.64 Å². The molecule has 15 heavy (non-hydrogen) atoms. The van der Waals surface area contributed by atoms with E-state index in [0.29, 0.717) is 0 Å². The molecule has 0 aliphatic rings. The molecule has 0 amide bonds. The van der Waals surface area contributed by atoms with Gasteiger partial charge in [-0.05, 0) is 24.3 Å². The van der Waals surface area contributed by atoms with Crippen molar-refractivity contribution in [3.05, 3.63) is 53.3 Å². The Morgan fingerprint density at radius 3 is 1.87 bits per heavy atom. The van der Waals surface area contributed by atoms with Crippen LogP contribution in [0, 0.1) is 4.64 Å². The first-order valence-electron chi connectivity index (χ1n) is 4.30. The second-order valence-electron chi connectivity index (χ2n) is 2.75. The molecule has 0 fully saturated rings. The summed E-state index contributed by atoms with van der Waals surface area (Å²) in [4.78, 5) is 2.85. The van der Waals surface area contributed by atoms with E-state index in [1.807, 2.05) is 24.4 Å². The highest BCUT2D eigenvalue weighted by atomic mass is 32.1. The van der Waals surface area contributed by atoms with Crippen LogP contribution in [0.3, 0.4) is 0 Å². The van der Waals surface area contributed by atoms with Gasteiger partial charge in [-0.15, -0.1) is 0 Å². The van der Waals surface area contributed by atoms with Crippen molar-refractivity contribution in [3.8, 4) is 11.5 Å². The monoisotopic (exact) mass is 221 g/mol. The number of aromatic hydroxyl groups is 2. The number of rotatable bonds is 0. The number of hydrogen-bond donors (Lipinski definition) is 3. The number of phenolic OH excluding ortho intramolecular Hbond substituents is 2. The normalized spacial score (nSPS) is 8.80. The topological polar surface area (TPSA) is 56.2 Å². The molecule has 1 aromatic heterocycles. The molecule has 0 aliphatic carbocycles. The van der Waals surface area contributed by atoms with Gasteiger partial charge in [0.2, 0.25) is 0 Å². The summed E-state index contributed by atoms with van der Waals surface area (Å²) in [5.74, 6) is 0.176. The van der Waals surface area contributed by atoms with Crippen LogP contribution in [0.5, 0.6) is 11.5 Å². The zero-order valence-electron chi connectivity index (χ0n) is 7.92. The Morgan fingerprint density at radius 2 is 1.60 bits per heavy atom. The number of benzene rings is 1. The minimum absolute atomic E-state index is 0.0880. The summed E-state index contributed by atoms with van der Waals surface area (Å²) < 4.78 is 0.780. The fourth-order valence-electron chi connectivity index (χ4n) is 0.870. The molecule has 2 rings (SSSR count). The summed E-state index contributed by atoms with van der Waals surface area (Å²) in [5.41, 5.74) is 0. The molecule has 0 aliphatic heterocycles. The maximum atomic E-state index is 8.65. The van der Waals surface area contributed by atoms with Gasteiger partial charge in [0.05, 0.1) is 0 Å². The molecule has 1 heterocycles. The Bertz CT molecular complexity index is 433. The smallest absolute Gasteiger partial charge is 0.119 e. The van der Waals surface area contributed by atoms with E-state index < -0.39 is 0 Å². The third-order valence-corrected chi connectivity index (χ3v) is 1.76. The van der Waals surface area contributed by atoms with Gasteiger partial charge in [0, 0.05) is 12.3 Å². The van der Waals surface area contributed by atoms with Gasteiger partial charge < -0.3 is 15.2 Å². The third kappa shape index (κ3) is 4.83. The molecule has 3 N–H and O–H groups in total. The largest absolute Gasteiger partial charge is 0.508 e. The molecular weight excluding hydrogens is 210 g/mol. The van der Waals surface area contributed by atoms with Crippen LogP contribution in [0.4, 0.5) is 0 Å². The first kappa shape index (κ1) is 11.3. The van der Waals surface area contributed by atoms with Crippen molar-refractivity contribution in [1.82, 2.24) is 4.98 Å². The number of nitrogens with one attached hydrogen (secondary N) is 1. The fourth-order valence-corrected chi connectivity index (χ4v) is 1.02. The zero-order chi connectivity index (χ0) is 11.1. The van der Waals surface area contributed by atoms with E-state index in [4.69, 9.17) is 22.4 Å². The van der Waals surface area contributed by atoms with Gasteiger partial charge in [0.15, 0.2) is 0 Å². The Balaban J connectivity index is 0.000000151. The van der Waals surface area contributed by atoms with Crippen molar-refractivity contribution in [1.29, 1.82) is 0 Å². The van der Waals surface area contributed by atoms with E-state index in [1.54, 1.807) is 6.07 Å². The van der Waals surface area contributed by atoms with Gasteiger partial charge >= 0.3 is 0 Å². The molecule has 2 aromatic rings. The number of aromatic nitrogens is 1. The second kappa shape index (κ2) is 5.82. The molecule has 0 atom stereocenters. The van der Waals surface area contributed by atoms with Gasteiger partial charge in [-0.1, -0.05) is 24.4 Å². The van der Waals surface area contributed by atoms with Gasteiger partial charge in [-0.2, -0.15) is 0 Å². The van der Waals surface area contributed by atoms with Crippen LogP contribution in [-0.2, 0) is 0 Å². The fraction of sp³-hybridized carbons (Fsp3) is 0. The van der Waals surface area contributed by atoms with Crippen molar-refractivity contribution in [2.45, 2.75) is 0 Å². The summed E-state index contributed by atoms with van der Waals surface area (Å²) in [7, 11) is 0. The highest BCUT2D eigenvalue weighted by molar-refractivity contribution is 7.71. The lowest BCUT2D eigenvalue weighted by molar-refractivity contribution is 0.450. The number of phenols is 2. The molecule has 0 bridgehead atoms. The lowest BCUT2D eigenvalue weighted by atomic mass is 10.3. The van der Waals surface area contributed by atoms with E-state index in [9.17, 15) is 0 Å². The van der Waals surface area contributed by atoms with E-state index in [2.05, 4.69) is 4.98 Å². The third-order valence-electron chi connectivity index (χ3n) is 1.51. The first-order valence-corrected chi connectivity index (χ1v) is 4.71. The van der Waals surface area contributed by atoms with Crippen LogP contribution in [0.1, 0.15) is 0 Å². The Labute approximate surface area is 92.7 Å². The lowest BCUT2D eigenvalue weighted by Crippen LogP contribution is -1.64. The maximum Gasteiger partial charge on any atom is 0.119 e. The Morgan fingerprint density at radius 1 is 0.933 bits per heavy atom. The minimum Gasteiger partial charge on any atom is -0.508 e. The zero-order valence-corrected chi connectivity index (χ0v) is 8.74. The van der Waals surface area contributed by atoms with Crippen molar-refractivity contribution >= 4 is 12.2 Å². The predicted octanol–water partition coefficient (Wildman–Crippen LogP) is 2.84. The molecule has 0 saturated heterocycles. The van der Waals surface area contributed by atoms with Gasteiger partial charge in [0.25, 0.3) is 0 Å². The highest BCUT2D eigenvalue weighted by Gasteiger charge is 1.85. The molecule has 3 nitrogen and oxygen atoms in total. The average Bonchev–Trinajstić information content (AvgIpc) is 2.19. The standard InChI is InChI=1S/C6H6O2.C5H5NS/c7-5-2-1-3-6(8)4-5;7-5-3-1-2-4-6-5/h1-4,7-8H;1-4H,(H,6,7). The summed E-state index contributed by atoms with van der Waals surface area (Å²) in [6, 6.07) is 11.5. The number of pyridine rings is 1. The molecule has 4 heteroatoms. The SMILES string of the molecule is Oc1cccc(O)c1.S=c1cccc[nH]1. The van der Waals surface area contributed by atoms with Crippen molar-refractivity contribution in [2.24, 2.45) is 0 Å². The van der Waals surface area contributed by atoms with Crippen LogP contribution in [-0.4, -0.2) is 15.2 Å². The summed E-state index contributed by atoms with van der Waals surface area (Å²) in [5, 5.41) is 17.3. The minimum atomic E-state index is 0.0880. The number of H-pyrrole nitrogens is 1. The van der Waals surface area contributed by atoms with Crippen LogP contribution in [0.2, 0.25) is 0 Å². The van der Waals surface area contributed by atoms with Gasteiger partial charge in [0.1, 0.15) is 16.1 Å². The van der Waals surface area contributed by atoms with Crippen LogP contribution < -0.4 is 0 Å². The lowest BCUT2D eigenvalue weighted by Gasteiger charge is -1.89. The highest BCUT2D eigenvalue weighted by Crippen LogP contribution is 2.14. The maximum absolute atomic E-state index is 8.65. The van der Waals surface area contributed by atoms with Gasteiger partial charge in [-0.25, -0.2) is 0 Å². The number of hydrogen-bond acceptors (Lipinski definition) is 3. The van der Waals surface area contributed by atoms with Crippen LogP contribution in [0.25, 0.3) is 0 Å². The molecule has 78 valence electrons. The average molecular weight is 221 g/mol. The Kier molecular flexibility index (Phi) is 4.37. The van der Waals surface area contributed by atoms with E-state index >= 15 is 0 Å². The number of aromatic amines is 1. The molecular formula is C11H11NO2S. The van der Waals surface area contributed by atoms with Crippen LogP contribution >= 0.6 is 12.2 Å². The van der Waals surface area contributed by atoms with Crippen molar-refractivity contribution in [2.75, 3.05) is 0 Å². The Hall–Kier alpha value is -1.81. The molecule has 0 radical (unpaired) electrons.